The van der Waals surface area contributed by atoms with E-state index in [4.69, 9.17) is 25.8 Å². The molecular weight excluding hydrogens is 448 g/mol. The Balaban J connectivity index is 1.51. The molecule has 0 radical (unpaired) electrons. The number of amides is 1. The van der Waals surface area contributed by atoms with Crippen molar-refractivity contribution < 1.29 is 19.0 Å². The van der Waals surface area contributed by atoms with Gasteiger partial charge in [-0.1, -0.05) is 18.5 Å². The summed E-state index contributed by atoms with van der Waals surface area (Å²) < 4.78 is 16.5. The Labute approximate surface area is 199 Å². The number of benzene rings is 2. The van der Waals surface area contributed by atoms with Gasteiger partial charge in [-0.05, 0) is 49.1 Å². The topological polar surface area (TPSA) is 51.2 Å². The first-order valence-corrected chi connectivity index (χ1v) is 12.2. The molecule has 0 saturated carbocycles. The second kappa shape index (κ2) is 12.2. The van der Waals surface area contributed by atoms with Crippen molar-refractivity contribution >= 4 is 35.0 Å². The van der Waals surface area contributed by atoms with E-state index in [-0.39, 0.29) is 5.91 Å². The molecule has 0 aromatic heterocycles. The first-order valence-electron chi connectivity index (χ1n) is 10.9. The molecule has 8 heteroatoms. The molecule has 32 heavy (non-hydrogen) atoms. The largest absolute Gasteiger partial charge is 0.493 e. The third-order valence-electron chi connectivity index (χ3n) is 5.42. The van der Waals surface area contributed by atoms with Gasteiger partial charge in [-0.25, -0.2) is 0 Å². The van der Waals surface area contributed by atoms with Crippen molar-refractivity contribution in [3.05, 3.63) is 41.4 Å². The number of anilines is 1. The second-order valence-corrected chi connectivity index (χ2v) is 8.98. The number of hydrogen-bond donors (Lipinski definition) is 0. The lowest BCUT2D eigenvalue weighted by atomic mass is 10.2. The van der Waals surface area contributed by atoms with E-state index in [1.165, 1.54) is 0 Å². The maximum atomic E-state index is 13.0. The number of methoxy groups -OCH3 is 2. The van der Waals surface area contributed by atoms with Crippen LogP contribution in [0, 0.1) is 0 Å². The molecule has 174 valence electrons. The maximum Gasteiger partial charge on any atom is 0.228 e. The number of rotatable bonds is 10. The van der Waals surface area contributed by atoms with Crippen LogP contribution in [-0.4, -0.2) is 63.6 Å². The van der Waals surface area contributed by atoms with E-state index in [9.17, 15) is 4.79 Å². The van der Waals surface area contributed by atoms with Crippen LogP contribution < -0.4 is 19.1 Å². The highest BCUT2D eigenvalue weighted by atomic mass is 35.5. The first kappa shape index (κ1) is 24.6. The fourth-order valence-electron chi connectivity index (χ4n) is 3.63. The highest BCUT2D eigenvalue weighted by Gasteiger charge is 2.22. The molecule has 3 rings (SSSR count). The van der Waals surface area contributed by atoms with Crippen molar-refractivity contribution in [2.75, 3.05) is 57.7 Å². The van der Waals surface area contributed by atoms with Gasteiger partial charge in [0, 0.05) is 42.0 Å². The van der Waals surface area contributed by atoms with Crippen LogP contribution in [0.2, 0.25) is 5.02 Å². The molecule has 0 atom stereocenters. The quantitative estimate of drug-likeness (QED) is 0.480. The molecule has 0 spiro atoms. The minimum Gasteiger partial charge on any atom is -0.493 e. The van der Waals surface area contributed by atoms with E-state index in [2.05, 4.69) is 11.8 Å². The van der Waals surface area contributed by atoms with Gasteiger partial charge in [0.05, 0.1) is 19.9 Å². The third kappa shape index (κ3) is 6.47. The van der Waals surface area contributed by atoms with E-state index in [1.807, 2.05) is 41.3 Å². The smallest absolute Gasteiger partial charge is 0.228 e. The Morgan fingerprint density at radius 3 is 2.69 bits per heavy atom. The lowest BCUT2D eigenvalue weighted by molar-refractivity contribution is -0.119. The number of halogens is 1. The summed E-state index contributed by atoms with van der Waals surface area (Å²) in [5, 5.41) is 0.706. The number of ether oxygens (including phenoxy) is 3. The van der Waals surface area contributed by atoms with Gasteiger partial charge in [0.25, 0.3) is 0 Å². The van der Waals surface area contributed by atoms with Crippen LogP contribution in [0.4, 0.5) is 5.69 Å². The Kier molecular flexibility index (Phi) is 9.38. The summed E-state index contributed by atoms with van der Waals surface area (Å²) in [7, 11) is 3.21. The van der Waals surface area contributed by atoms with Crippen LogP contribution in [0.1, 0.15) is 19.8 Å². The lowest BCUT2D eigenvalue weighted by Crippen LogP contribution is -2.36. The van der Waals surface area contributed by atoms with Crippen molar-refractivity contribution in [2.24, 2.45) is 0 Å². The molecule has 6 nitrogen and oxygen atoms in total. The van der Waals surface area contributed by atoms with Crippen molar-refractivity contribution in [2.45, 2.75) is 24.7 Å². The number of carbonyl (C=O) groups excluding carboxylic acids is 1. The number of hydrogen-bond acceptors (Lipinski definition) is 6. The van der Waals surface area contributed by atoms with Crippen molar-refractivity contribution in [3.63, 3.8) is 0 Å². The number of thioether (sulfide) groups is 1. The Bertz CT molecular complexity index is 912. The molecule has 0 fully saturated rings. The van der Waals surface area contributed by atoms with Gasteiger partial charge in [0.1, 0.15) is 12.4 Å². The van der Waals surface area contributed by atoms with Gasteiger partial charge in [-0.15, -0.1) is 11.8 Å². The number of nitrogens with zero attached hydrogens (tertiary/aromatic N) is 2. The molecule has 1 aliphatic rings. The molecule has 0 unspecified atom stereocenters. The molecular formula is C24H31ClN2O4S. The van der Waals surface area contributed by atoms with E-state index < -0.39 is 0 Å². The van der Waals surface area contributed by atoms with Crippen LogP contribution >= 0.6 is 23.4 Å². The van der Waals surface area contributed by atoms with Crippen LogP contribution in [0.5, 0.6) is 17.2 Å². The molecule has 1 aliphatic heterocycles. The molecule has 2 aromatic rings. The Hall–Kier alpha value is -2.09. The molecule has 0 saturated heterocycles. The number of likely N-dealkylation sites (N-methyl/N-ethyl adjacent to an activating group) is 1. The van der Waals surface area contributed by atoms with Gasteiger partial charge in [-0.2, -0.15) is 0 Å². The van der Waals surface area contributed by atoms with E-state index in [0.29, 0.717) is 36.1 Å². The fourth-order valence-corrected chi connectivity index (χ4v) is 4.89. The first-order chi connectivity index (χ1) is 15.5. The molecule has 0 bridgehead atoms. The minimum atomic E-state index is 0.148. The van der Waals surface area contributed by atoms with E-state index in [1.54, 1.807) is 26.0 Å². The average Bonchev–Trinajstić information content (AvgIpc) is 3.02. The summed E-state index contributed by atoms with van der Waals surface area (Å²) in [5.41, 5.74) is 0.974. The summed E-state index contributed by atoms with van der Waals surface area (Å²) in [6, 6.07) is 11.3. The summed E-state index contributed by atoms with van der Waals surface area (Å²) in [4.78, 5) is 18.3. The van der Waals surface area contributed by atoms with E-state index >= 15 is 0 Å². The molecule has 1 amide bonds. The zero-order chi connectivity index (χ0) is 22.9. The zero-order valence-corrected chi connectivity index (χ0v) is 20.5. The van der Waals surface area contributed by atoms with Gasteiger partial charge >= 0.3 is 0 Å². The highest BCUT2D eigenvalue weighted by Crippen LogP contribution is 2.36. The SMILES string of the molecule is CCN(CCOc1ccc(OC)c(OC)c1)CCC(=O)N1CCCSc2cc(Cl)ccc21. The van der Waals surface area contributed by atoms with Crippen LogP contribution in [0.15, 0.2) is 41.3 Å². The van der Waals surface area contributed by atoms with Crippen LogP contribution in [-0.2, 0) is 4.79 Å². The second-order valence-electron chi connectivity index (χ2n) is 7.41. The van der Waals surface area contributed by atoms with Crippen molar-refractivity contribution in [1.29, 1.82) is 0 Å². The fraction of sp³-hybridized carbons (Fsp3) is 0.458. The average molecular weight is 479 g/mol. The monoisotopic (exact) mass is 478 g/mol. The summed E-state index contributed by atoms with van der Waals surface area (Å²) >= 11 is 7.92. The van der Waals surface area contributed by atoms with Crippen molar-refractivity contribution in [1.82, 2.24) is 4.90 Å². The van der Waals surface area contributed by atoms with Gasteiger partial charge in [0.15, 0.2) is 11.5 Å². The predicted molar refractivity (Wildman–Crippen MR) is 131 cm³/mol. The standard InChI is InChI=1S/C24H31ClN2O4S/c1-4-26(13-14-31-19-7-9-21(29-2)22(17-19)30-3)12-10-24(28)27-11-5-15-32-23-16-18(25)6-8-20(23)27/h6-9,16-17H,4-5,10-15H2,1-3H3. The molecule has 1 heterocycles. The number of fused-ring (bicyclic) bond motifs is 1. The Morgan fingerprint density at radius 2 is 1.94 bits per heavy atom. The minimum absolute atomic E-state index is 0.148. The van der Waals surface area contributed by atoms with Gasteiger partial charge in [0.2, 0.25) is 5.91 Å². The number of carbonyl (C=O) groups is 1. The Morgan fingerprint density at radius 1 is 1.12 bits per heavy atom. The van der Waals surface area contributed by atoms with Crippen molar-refractivity contribution in [3.8, 4) is 17.2 Å². The lowest BCUT2D eigenvalue weighted by Gasteiger charge is -2.25. The molecule has 0 N–H and O–H groups in total. The molecule has 2 aromatic carbocycles. The predicted octanol–water partition coefficient (Wildman–Crippen LogP) is 4.98. The maximum absolute atomic E-state index is 13.0. The third-order valence-corrected chi connectivity index (χ3v) is 6.78. The van der Waals surface area contributed by atoms with E-state index in [0.717, 1.165) is 48.1 Å². The summed E-state index contributed by atoms with van der Waals surface area (Å²) in [5.74, 6) is 3.18. The zero-order valence-electron chi connectivity index (χ0n) is 18.9. The highest BCUT2D eigenvalue weighted by molar-refractivity contribution is 7.99. The normalized spacial score (nSPS) is 13.5. The van der Waals surface area contributed by atoms with Gasteiger partial charge in [-0.3, -0.25) is 9.69 Å². The summed E-state index contributed by atoms with van der Waals surface area (Å²) in [6.07, 6.45) is 1.44. The van der Waals surface area contributed by atoms with Crippen LogP contribution in [0.3, 0.4) is 0 Å². The van der Waals surface area contributed by atoms with Gasteiger partial charge < -0.3 is 19.1 Å². The molecule has 0 aliphatic carbocycles. The van der Waals surface area contributed by atoms with Crippen LogP contribution in [0.25, 0.3) is 0 Å². The summed E-state index contributed by atoms with van der Waals surface area (Å²) in [6.45, 7) is 5.65.